The van der Waals surface area contributed by atoms with E-state index < -0.39 is 0 Å². The summed E-state index contributed by atoms with van der Waals surface area (Å²) in [5.41, 5.74) is 3.33. The smallest absolute Gasteiger partial charge is 0.122 e. The number of fused-ring (bicyclic) bond motifs is 1. The van der Waals surface area contributed by atoms with Crippen molar-refractivity contribution in [1.82, 2.24) is 5.32 Å². The van der Waals surface area contributed by atoms with Gasteiger partial charge in [0.2, 0.25) is 0 Å². The number of ether oxygens (including phenoxy) is 1. The molecule has 1 saturated carbocycles. The van der Waals surface area contributed by atoms with Crippen LogP contribution in [0.3, 0.4) is 0 Å². The maximum absolute atomic E-state index is 5.54. The van der Waals surface area contributed by atoms with Gasteiger partial charge in [-0.1, -0.05) is 19.1 Å². The Morgan fingerprint density at radius 1 is 1.41 bits per heavy atom. The van der Waals surface area contributed by atoms with E-state index in [1.807, 2.05) is 0 Å². The largest absolute Gasteiger partial charge is 0.493 e. The van der Waals surface area contributed by atoms with Crippen LogP contribution in [0, 0.1) is 5.41 Å². The lowest BCUT2D eigenvalue weighted by molar-refractivity contribution is 0.356. The van der Waals surface area contributed by atoms with Gasteiger partial charge < -0.3 is 10.1 Å². The van der Waals surface area contributed by atoms with Crippen molar-refractivity contribution in [3.05, 3.63) is 29.3 Å². The highest BCUT2D eigenvalue weighted by Gasteiger charge is 2.36. The van der Waals surface area contributed by atoms with Crippen LogP contribution in [-0.4, -0.2) is 13.2 Å². The number of benzene rings is 1. The van der Waals surface area contributed by atoms with Crippen molar-refractivity contribution in [3.8, 4) is 5.75 Å². The van der Waals surface area contributed by atoms with Crippen molar-refractivity contribution in [1.29, 1.82) is 0 Å². The van der Waals surface area contributed by atoms with E-state index in [0.29, 0.717) is 11.5 Å². The third-order valence-corrected chi connectivity index (χ3v) is 4.15. The minimum absolute atomic E-state index is 0.443. The normalized spacial score (nSPS) is 21.8. The van der Waals surface area contributed by atoms with Crippen LogP contribution in [0.4, 0.5) is 0 Å². The van der Waals surface area contributed by atoms with Crippen LogP contribution in [-0.2, 0) is 6.42 Å². The fourth-order valence-corrected chi connectivity index (χ4v) is 2.38. The molecule has 2 nitrogen and oxygen atoms in total. The molecule has 1 aromatic carbocycles. The van der Waals surface area contributed by atoms with Crippen molar-refractivity contribution >= 4 is 0 Å². The first-order valence-electron chi connectivity index (χ1n) is 6.65. The van der Waals surface area contributed by atoms with Crippen LogP contribution in [0.25, 0.3) is 0 Å². The van der Waals surface area contributed by atoms with Gasteiger partial charge >= 0.3 is 0 Å². The van der Waals surface area contributed by atoms with Crippen molar-refractivity contribution in [2.45, 2.75) is 39.2 Å². The average molecular weight is 231 g/mol. The van der Waals surface area contributed by atoms with Crippen LogP contribution in [0.2, 0.25) is 0 Å². The van der Waals surface area contributed by atoms with Crippen LogP contribution >= 0.6 is 0 Å². The van der Waals surface area contributed by atoms with Gasteiger partial charge in [-0.25, -0.2) is 0 Å². The molecule has 0 amide bonds. The zero-order valence-corrected chi connectivity index (χ0v) is 10.8. The van der Waals surface area contributed by atoms with Crippen molar-refractivity contribution in [2.24, 2.45) is 5.41 Å². The summed E-state index contributed by atoms with van der Waals surface area (Å²) in [6.07, 6.45) is 3.82. The summed E-state index contributed by atoms with van der Waals surface area (Å²) in [7, 11) is 0. The van der Waals surface area contributed by atoms with E-state index in [9.17, 15) is 0 Å². The first kappa shape index (κ1) is 11.1. The quantitative estimate of drug-likeness (QED) is 0.860. The summed E-state index contributed by atoms with van der Waals surface area (Å²) in [6, 6.07) is 7.05. The summed E-state index contributed by atoms with van der Waals surface area (Å²) in [4.78, 5) is 0. The monoisotopic (exact) mass is 231 g/mol. The van der Waals surface area contributed by atoms with Gasteiger partial charge in [0.15, 0.2) is 0 Å². The Morgan fingerprint density at radius 3 is 3.00 bits per heavy atom. The zero-order valence-electron chi connectivity index (χ0n) is 10.8. The third kappa shape index (κ3) is 2.32. The van der Waals surface area contributed by atoms with E-state index in [4.69, 9.17) is 4.74 Å². The van der Waals surface area contributed by atoms with Gasteiger partial charge in [0, 0.05) is 19.0 Å². The van der Waals surface area contributed by atoms with Gasteiger partial charge in [0.25, 0.3) is 0 Å². The van der Waals surface area contributed by atoms with E-state index in [1.165, 1.54) is 24.0 Å². The molecule has 17 heavy (non-hydrogen) atoms. The second-order valence-electron chi connectivity index (χ2n) is 5.88. The second-order valence-corrected chi connectivity index (χ2v) is 5.88. The van der Waals surface area contributed by atoms with Crippen molar-refractivity contribution in [2.75, 3.05) is 13.2 Å². The Morgan fingerprint density at radius 2 is 2.24 bits per heavy atom. The highest BCUT2D eigenvalue weighted by atomic mass is 16.5. The number of rotatable bonds is 4. The Hall–Kier alpha value is -1.02. The van der Waals surface area contributed by atoms with Gasteiger partial charge in [-0.2, -0.15) is 0 Å². The summed E-state index contributed by atoms with van der Waals surface area (Å²) in [5.74, 6) is 1.08. The predicted molar refractivity (Wildman–Crippen MR) is 69.4 cm³/mol. The minimum Gasteiger partial charge on any atom is -0.493 e. The lowest BCUT2D eigenvalue weighted by Gasteiger charge is -2.18. The first-order valence-corrected chi connectivity index (χ1v) is 6.65. The van der Waals surface area contributed by atoms with Gasteiger partial charge in [-0.3, -0.25) is 0 Å². The van der Waals surface area contributed by atoms with Crippen molar-refractivity contribution in [3.63, 3.8) is 0 Å². The highest BCUT2D eigenvalue weighted by Crippen LogP contribution is 2.44. The Labute approximate surface area is 103 Å². The zero-order chi connectivity index (χ0) is 11.9. The maximum Gasteiger partial charge on any atom is 0.122 e. The standard InChI is InChI=1S/C15H21NO/c1-11(16-10-15(2)6-7-15)12-3-4-14-13(9-12)5-8-17-14/h3-4,9,11,16H,5-8,10H2,1-2H3. The van der Waals surface area contributed by atoms with Crippen molar-refractivity contribution < 1.29 is 4.74 Å². The Bertz CT molecular complexity index is 423. The Kier molecular flexibility index (Phi) is 2.62. The molecule has 1 unspecified atom stereocenters. The molecular formula is C15H21NO. The molecule has 2 heteroatoms. The summed E-state index contributed by atoms with van der Waals surface area (Å²) < 4.78 is 5.54. The Balaban J connectivity index is 1.66. The molecule has 0 aromatic heterocycles. The molecule has 2 aliphatic rings. The van der Waals surface area contributed by atoms with E-state index in [2.05, 4.69) is 37.4 Å². The molecule has 1 fully saturated rings. The van der Waals surface area contributed by atoms with Crippen LogP contribution in [0.1, 0.15) is 43.9 Å². The van der Waals surface area contributed by atoms with E-state index in [1.54, 1.807) is 0 Å². The lowest BCUT2D eigenvalue weighted by Crippen LogP contribution is -2.25. The molecule has 1 aliphatic carbocycles. The van der Waals surface area contributed by atoms with Crippen LogP contribution < -0.4 is 10.1 Å². The SMILES string of the molecule is CC(NCC1(C)CC1)c1ccc2c(c1)CCO2. The molecule has 0 saturated heterocycles. The minimum atomic E-state index is 0.443. The summed E-state index contributed by atoms with van der Waals surface area (Å²) in [6.45, 7) is 6.60. The molecule has 1 heterocycles. The average Bonchev–Trinajstić information content (AvgIpc) is 2.90. The molecule has 1 atom stereocenters. The highest BCUT2D eigenvalue weighted by molar-refractivity contribution is 5.40. The molecular weight excluding hydrogens is 210 g/mol. The van der Waals surface area contributed by atoms with E-state index >= 15 is 0 Å². The maximum atomic E-state index is 5.54. The van der Waals surface area contributed by atoms with Gasteiger partial charge in [-0.15, -0.1) is 0 Å². The topological polar surface area (TPSA) is 21.3 Å². The lowest BCUT2D eigenvalue weighted by atomic mass is 10.0. The van der Waals surface area contributed by atoms with Gasteiger partial charge in [-0.05, 0) is 42.4 Å². The molecule has 0 radical (unpaired) electrons. The molecule has 92 valence electrons. The van der Waals surface area contributed by atoms with E-state index in [0.717, 1.165) is 25.3 Å². The third-order valence-electron chi connectivity index (χ3n) is 4.15. The fourth-order valence-electron chi connectivity index (χ4n) is 2.38. The molecule has 1 aliphatic heterocycles. The molecule has 1 N–H and O–H groups in total. The number of hydrogen-bond acceptors (Lipinski definition) is 2. The predicted octanol–water partition coefficient (Wildman–Crippen LogP) is 3.07. The number of nitrogens with one attached hydrogen (secondary N) is 1. The summed E-state index contributed by atoms with van der Waals surface area (Å²) >= 11 is 0. The molecule has 3 rings (SSSR count). The second kappa shape index (κ2) is 4.02. The van der Waals surface area contributed by atoms with Gasteiger partial charge in [0.1, 0.15) is 5.75 Å². The molecule has 0 spiro atoms. The van der Waals surface area contributed by atoms with Crippen LogP contribution in [0.15, 0.2) is 18.2 Å². The first-order chi connectivity index (χ1) is 8.16. The molecule has 1 aromatic rings. The van der Waals surface area contributed by atoms with Gasteiger partial charge in [0.05, 0.1) is 6.61 Å². The van der Waals surface area contributed by atoms with E-state index in [-0.39, 0.29) is 0 Å². The fraction of sp³-hybridized carbons (Fsp3) is 0.600. The van der Waals surface area contributed by atoms with Crippen LogP contribution in [0.5, 0.6) is 5.75 Å². The molecule has 0 bridgehead atoms. The summed E-state index contributed by atoms with van der Waals surface area (Å²) in [5, 5.41) is 3.65. The number of hydrogen-bond donors (Lipinski definition) is 1.